The summed E-state index contributed by atoms with van der Waals surface area (Å²) in [6, 6.07) is 9.75. The van der Waals surface area contributed by atoms with Gasteiger partial charge in [-0.3, -0.25) is 4.79 Å². The van der Waals surface area contributed by atoms with E-state index in [9.17, 15) is 4.79 Å². The lowest BCUT2D eigenvalue weighted by atomic mass is 10.0. The van der Waals surface area contributed by atoms with Gasteiger partial charge >= 0.3 is 5.97 Å². The van der Waals surface area contributed by atoms with E-state index in [2.05, 4.69) is 5.32 Å². The zero-order chi connectivity index (χ0) is 11.4. The number of benzene rings is 1. The first-order chi connectivity index (χ1) is 7.71. The molecule has 0 radical (unpaired) electrons. The largest absolute Gasteiger partial charge is 0.459 e. The van der Waals surface area contributed by atoms with Crippen molar-refractivity contribution in [3.8, 4) is 0 Å². The molecule has 1 aliphatic rings. The molecule has 1 aromatic rings. The minimum absolute atomic E-state index is 0.145. The molecule has 1 aromatic carbocycles. The summed E-state index contributed by atoms with van der Waals surface area (Å²) in [5.41, 5.74) is 0.548. The Hall–Kier alpha value is -1.35. The van der Waals surface area contributed by atoms with Gasteiger partial charge in [0, 0.05) is 0 Å². The van der Waals surface area contributed by atoms with Gasteiger partial charge in [-0.15, -0.1) is 0 Å². The van der Waals surface area contributed by atoms with Gasteiger partial charge in [0.1, 0.15) is 12.1 Å². The van der Waals surface area contributed by atoms with Crippen molar-refractivity contribution in [2.75, 3.05) is 6.54 Å². The van der Waals surface area contributed by atoms with Gasteiger partial charge in [-0.25, -0.2) is 0 Å². The highest BCUT2D eigenvalue weighted by Gasteiger charge is 2.37. The molecule has 16 heavy (non-hydrogen) atoms. The van der Waals surface area contributed by atoms with Crippen LogP contribution in [0.15, 0.2) is 30.3 Å². The van der Waals surface area contributed by atoms with Crippen molar-refractivity contribution in [1.29, 1.82) is 0 Å². The van der Waals surface area contributed by atoms with E-state index in [1.807, 2.05) is 37.3 Å². The summed E-state index contributed by atoms with van der Waals surface area (Å²) in [6.07, 6.45) is 1.90. The van der Waals surface area contributed by atoms with Crippen LogP contribution < -0.4 is 5.32 Å². The van der Waals surface area contributed by atoms with Crippen LogP contribution in [0.25, 0.3) is 0 Å². The second-order valence-electron chi connectivity index (χ2n) is 4.42. The maximum Gasteiger partial charge on any atom is 0.326 e. The van der Waals surface area contributed by atoms with Crippen LogP contribution in [-0.4, -0.2) is 18.1 Å². The van der Waals surface area contributed by atoms with Crippen molar-refractivity contribution in [3.63, 3.8) is 0 Å². The number of hydrogen-bond donors (Lipinski definition) is 1. The number of esters is 1. The fourth-order valence-corrected chi connectivity index (χ4v) is 1.95. The van der Waals surface area contributed by atoms with E-state index in [-0.39, 0.29) is 5.97 Å². The van der Waals surface area contributed by atoms with E-state index < -0.39 is 5.54 Å². The molecule has 0 bridgehead atoms. The third-order valence-electron chi connectivity index (χ3n) is 3.03. The predicted molar refractivity (Wildman–Crippen MR) is 61.9 cm³/mol. The summed E-state index contributed by atoms with van der Waals surface area (Å²) in [7, 11) is 0. The van der Waals surface area contributed by atoms with Gasteiger partial charge in [-0.05, 0) is 31.9 Å². The highest BCUT2D eigenvalue weighted by atomic mass is 16.5. The van der Waals surface area contributed by atoms with E-state index in [0.717, 1.165) is 24.9 Å². The van der Waals surface area contributed by atoms with Crippen molar-refractivity contribution in [2.45, 2.75) is 31.9 Å². The average molecular weight is 219 g/mol. The first kappa shape index (κ1) is 11.1. The molecule has 86 valence electrons. The number of nitrogens with one attached hydrogen (secondary N) is 1. The number of hydrogen-bond acceptors (Lipinski definition) is 3. The van der Waals surface area contributed by atoms with Gasteiger partial charge in [0.25, 0.3) is 0 Å². The number of ether oxygens (including phenoxy) is 1. The highest BCUT2D eigenvalue weighted by molar-refractivity contribution is 5.80. The van der Waals surface area contributed by atoms with Crippen LogP contribution in [0.2, 0.25) is 0 Å². The van der Waals surface area contributed by atoms with E-state index >= 15 is 0 Å². The number of rotatable bonds is 3. The van der Waals surface area contributed by atoms with Crippen molar-refractivity contribution < 1.29 is 9.53 Å². The Morgan fingerprint density at radius 3 is 2.81 bits per heavy atom. The van der Waals surface area contributed by atoms with E-state index in [1.54, 1.807) is 0 Å². The minimum atomic E-state index is -0.477. The van der Waals surface area contributed by atoms with Gasteiger partial charge in [0.15, 0.2) is 0 Å². The Bertz CT molecular complexity index is 355. The molecule has 3 heteroatoms. The SMILES string of the molecule is C[C@@]1(C(=O)OCc2ccccc2)CCCN1. The molecule has 1 heterocycles. The maximum atomic E-state index is 11.9. The van der Waals surface area contributed by atoms with Crippen LogP contribution in [-0.2, 0) is 16.1 Å². The molecule has 1 N–H and O–H groups in total. The molecule has 0 unspecified atom stereocenters. The zero-order valence-electron chi connectivity index (χ0n) is 9.53. The van der Waals surface area contributed by atoms with E-state index in [0.29, 0.717) is 6.61 Å². The molecule has 1 fully saturated rings. The zero-order valence-corrected chi connectivity index (χ0v) is 9.53. The molecule has 1 atom stereocenters. The van der Waals surface area contributed by atoms with Crippen LogP contribution in [0, 0.1) is 0 Å². The van der Waals surface area contributed by atoms with Gasteiger partial charge in [-0.1, -0.05) is 30.3 Å². The Kier molecular flexibility index (Phi) is 3.25. The molecule has 0 saturated carbocycles. The highest BCUT2D eigenvalue weighted by Crippen LogP contribution is 2.20. The van der Waals surface area contributed by atoms with Gasteiger partial charge in [0.05, 0.1) is 0 Å². The summed E-state index contributed by atoms with van der Waals surface area (Å²) in [5.74, 6) is -0.145. The van der Waals surface area contributed by atoms with Crippen molar-refractivity contribution in [1.82, 2.24) is 5.32 Å². The van der Waals surface area contributed by atoms with Crippen LogP contribution >= 0.6 is 0 Å². The fourth-order valence-electron chi connectivity index (χ4n) is 1.95. The van der Waals surface area contributed by atoms with Gasteiger partial charge in [-0.2, -0.15) is 0 Å². The van der Waals surface area contributed by atoms with Crippen molar-refractivity contribution in [2.24, 2.45) is 0 Å². The predicted octanol–water partition coefficient (Wildman–Crippen LogP) is 1.87. The monoisotopic (exact) mass is 219 g/mol. The molecule has 1 saturated heterocycles. The first-order valence-electron chi connectivity index (χ1n) is 5.67. The molecule has 3 nitrogen and oxygen atoms in total. The summed E-state index contributed by atoms with van der Waals surface area (Å²) in [5, 5.41) is 3.19. The number of carbonyl (C=O) groups excluding carboxylic acids is 1. The third-order valence-corrected chi connectivity index (χ3v) is 3.03. The standard InChI is InChI=1S/C13H17NO2/c1-13(8-5-9-14-13)12(15)16-10-11-6-3-2-4-7-11/h2-4,6-7,14H,5,8-10H2,1H3/t13-/m0/s1. The lowest BCUT2D eigenvalue weighted by Gasteiger charge is -2.21. The average Bonchev–Trinajstić information content (AvgIpc) is 2.76. The van der Waals surface area contributed by atoms with E-state index in [1.165, 1.54) is 0 Å². The second-order valence-corrected chi connectivity index (χ2v) is 4.42. The van der Waals surface area contributed by atoms with Gasteiger partial charge < -0.3 is 10.1 Å². The number of carbonyl (C=O) groups is 1. The molecule has 0 amide bonds. The lowest BCUT2D eigenvalue weighted by molar-refractivity contribution is -0.151. The van der Waals surface area contributed by atoms with Crippen LogP contribution in [0.1, 0.15) is 25.3 Å². The smallest absolute Gasteiger partial charge is 0.326 e. The maximum absolute atomic E-state index is 11.9. The van der Waals surface area contributed by atoms with Crippen molar-refractivity contribution >= 4 is 5.97 Å². The quantitative estimate of drug-likeness (QED) is 0.789. The topological polar surface area (TPSA) is 38.3 Å². The second kappa shape index (κ2) is 4.66. The van der Waals surface area contributed by atoms with Crippen LogP contribution in [0.4, 0.5) is 0 Å². The van der Waals surface area contributed by atoms with Crippen LogP contribution in [0.3, 0.4) is 0 Å². The van der Waals surface area contributed by atoms with Crippen LogP contribution in [0.5, 0.6) is 0 Å². The molecular weight excluding hydrogens is 202 g/mol. The molecule has 2 rings (SSSR count). The van der Waals surface area contributed by atoms with Crippen molar-refractivity contribution in [3.05, 3.63) is 35.9 Å². The molecular formula is C13H17NO2. The summed E-state index contributed by atoms with van der Waals surface area (Å²) >= 11 is 0. The Balaban J connectivity index is 1.89. The normalized spacial score (nSPS) is 24.3. The van der Waals surface area contributed by atoms with E-state index in [4.69, 9.17) is 4.74 Å². The minimum Gasteiger partial charge on any atom is -0.459 e. The van der Waals surface area contributed by atoms with Gasteiger partial charge in [0.2, 0.25) is 0 Å². The first-order valence-corrected chi connectivity index (χ1v) is 5.67. The Labute approximate surface area is 95.8 Å². The Morgan fingerprint density at radius 2 is 2.19 bits per heavy atom. The lowest BCUT2D eigenvalue weighted by Crippen LogP contribution is -2.45. The third kappa shape index (κ3) is 2.42. The molecule has 0 spiro atoms. The molecule has 0 aromatic heterocycles. The Morgan fingerprint density at radius 1 is 1.44 bits per heavy atom. The summed E-state index contributed by atoms with van der Waals surface area (Å²) in [6.45, 7) is 3.17. The molecule has 1 aliphatic heterocycles. The molecule has 0 aliphatic carbocycles. The summed E-state index contributed by atoms with van der Waals surface area (Å²) in [4.78, 5) is 11.9. The summed E-state index contributed by atoms with van der Waals surface area (Å²) < 4.78 is 5.31. The fraction of sp³-hybridized carbons (Fsp3) is 0.462.